The topological polar surface area (TPSA) is 136 Å². The zero-order valence-corrected chi connectivity index (χ0v) is 20.5. The van der Waals surface area contributed by atoms with Gasteiger partial charge in [0.25, 0.3) is 15.9 Å². The van der Waals surface area contributed by atoms with Gasteiger partial charge in [-0.15, -0.1) is 11.3 Å². The summed E-state index contributed by atoms with van der Waals surface area (Å²) in [7, 11) is -7.74. The lowest BCUT2D eigenvalue weighted by molar-refractivity contribution is -0.135. The van der Waals surface area contributed by atoms with Crippen LogP contribution in [0.15, 0.2) is 40.6 Å². The van der Waals surface area contributed by atoms with Gasteiger partial charge in [0.15, 0.2) is 0 Å². The number of hydroxylamine groups is 1. The van der Waals surface area contributed by atoms with Crippen LogP contribution in [-0.2, 0) is 24.8 Å². The minimum Gasteiger partial charge on any atom is -0.312 e. The van der Waals surface area contributed by atoms with E-state index in [1.807, 2.05) is 0 Å². The molecular formula is C18H23ClN4O6S3. The van der Waals surface area contributed by atoms with Crippen LogP contribution in [0.5, 0.6) is 0 Å². The van der Waals surface area contributed by atoms with Crippen LogP contribution in [0.3, 0.4) is 0 Å². The van der Waals surface area contributed by atoms with E-state index < -0.39 is 37.4 Å². The number of hydrogen-bond acceptors (Lipinski definition) is 8. The van der Waals surface area contributed by atoms with Gasteiger partial charge in [-0.3, -0.25) is 10.0 Å². The summed E-state index contributed by atoms with van der Waals surface area (Å²) in [5.41, 5.74) is 2.09. The Morgan fingerprint density at radius 2 is 1.91 bits per heavy atom. The number of carbonyl (C=O) groups is 1. The maximum absolute atomic E-state index is 13.6. The molecule has 2 heterocycles. The molecule has 1 atom stereocenters. The number of sulfonamides is 2. The van der Waals surface area contributed by atoms with Crippen molar-refractivity contribution in [1.82, 2.24) is 19.4 Å². The Hall–Kier alpha value is -1.58. The fraction of sp³-hybridized carbons (Fsp3) is 0.389. The van der Waals surface area contributed by atoms with E-state index in [9.17, 15) is 26.8 Å². The SMILES string of the molecule is CCN(C)S(=O)(=O)[C@@]1(C(=O)NO)CNCCN1S(=O)(=O)c1ccc(-c2ccc(Cl)cc2)s1. The minimum atomic E-state index is -4.54. The third-order valence-corrected chi connectivity index (χ3v) is 11.6. The fourth-order valence-corrected chi connectivity index (χ4v) is 8.90. The van der Waals surface area contributed by atoms with Gasteiger partial charge in [-0.05, 0) is 29.8 Å². The first-order valence-corrected chi connectivity index (χ1v) is 13.6. The van der Waals surface area contributed by atoms with Crippen molar-refractivity contribution in [2.75, 3.05) is 33.2 Å². The Labute approximate surface area is 195 Å². The summed E-state index contributed by atoms with van der Waals surface area (Å²) >= 11 is 6.85. The summed E-state index contributed by atoms with van der Waals surface area (Å²) in [6.07, 6.45) is 0. The zero-order valence-electron chi connectivity index (χ0n) is 17.3. The van der Waals surface area contributed by atoms with Crippen LogP contribution in [-0.4, -0.2) is 74.7 Å². The van der Waals surface area contributed by atoms with Crippen LogP contribution >= 0.6 is 22.9 Å². The summed E-state index contributed by atoms with van der Waals surface area (Å²) in [6.45, 7) is 0.854. The Morgan fingerprint density at radius 3 is 2.50 bits per heavy atom. The van der Waals surface area contributed by atoms with Crippen molar-refractivity contribution in [2.24, 2.45) is 0 Å². The number of rotatable bonds is 7. The van der Waals surface area contributed by atoms with Crippen molar-refractivity contribution in [2.45, 2.75) is 16.0 Å². The number of thiophene rings is 1. The summed E-state index contributed by atoms with van der Waals surface area (Å²) < 4.78 is 55.4. The van der Waals surface area contributed by atoms with Gasteiger partial charge < -0.3 is 5.32 Å². The van der Waals surface area contributed by atoms with Gasteiger partial charge in [0.05, 0.1) is 0 Å². The van der Waals surface area contributed by atoms with Crippen molar-refractivity contribution < 1.29 is 26.8 Å². The first-order valence-electron chi connectivity index (χ1n) is 9.52. The standard InChI is InChI=1S/C18H23ClN4O6S3/c1-3-22(2)32(28,29)18(17(24)21-25)12-20-10-11-23(18)31(26,27)16-9-8-15(30-16)13-4-6-14(19)7-5-13/h4-9,20,25H,3,10-12H2,1-2H3,(H,21,24)/t18-/m1/s1. The Kier molecular flexibility index (Phi) is 7.32. The molecule has 10 nitrogen and oxygen atoms in total. The highest BCUT2D eigenvalue weighted by molar-refractivity contribution is 7.95. The van der Waals surface area contributed by atoms with E-state index in [2.05, 4.69) is 5.32 Å². The number of piperazine rings is 1. The Morgan fingerprint density at radius 1 is 1.25 bits per heavy atom. The largest absolute Gasteiger partial charge is 0.312 e. The summed E-state index contributed by atoms with van der Waals surface area (Å²) in [4.78, 5) is 10.8. The molecule has 1 fully saturated rings. The second kappa shape index (κ2) is 9.35. The van der Waals surface area contributed by atoms with E-state index >= 15 is 0 Å². The highest BCUT2D eigenvalue weighted by atomic mass is 35.5. The first kappa shape index (κ1) is 25.1. The second-order valence-electron chi connectivity index (χ2n) is 7.02. The molecule has 1 aliphatic heterocycles. The third kappa shape index (κ3) is 4.07. The predicted octanol–water partition coefficient (Wildman–Crippen LogP) is 1.15. The highest BCUT2D eigenvalue weighted by Crippen LogP contribution is 2.38. The van der Waals surface area contributed by atoms with E-state index in [1.54, 1.807) is 37.3 Å². The van der Waals surface area contributed by atoms with Gasteiger partial charge in [-0.25, -0.2) is 26.6 Å². The smallest absolute Gasteiger partial charge is 0.283 e. The van der Waals surface area contributed by atoms with Gasteiger partial charge in [0.1, 0.15) is 4.21 Å². The fourth-order valence-electron chi connectivity index (χ4n) is 3.40. The van der Waals surface area contributed by atoms with Crippen LogP contribution in [0.2, 0.25) is 5.02 Å². The monoisotopic (exact) mass is 522 g/mol. The molecular weight excluding hydrogens is 500 g/mol. The number of amides is 1. The van der Waals surface area contributed by atoms with Gasteiger partial charge in [0.2, 0.25) is 14.9 Å². The molecule has 1 saturated heterocycles. The normalized spacial score (nSPS) is 20.4. The average molecular weight is 523 g/mol. The van der Waals surface area contributed by atoms with Crippen molar-refractivity contribution in [3.05, 3.63) is 41.4 Å². The van der Waals surface area contributed by atoms with Gasteiger partial charge in [0, 0.05) is 43.1 Å². The molecule has 2 aromatic rings. The molecule has 0 radical (unpaired) electrons. The quantitative estimate of drug-likeness (QED) is 0.366. The number of nitrogens with one attached hydrogen (secondary N) is 2. The van der Waals surface area contributed by atoms with E-state index in [0.29, 0.717) is 14.2 Å². The van der Waals surface area contributed by atoms with Gasteiger partial charge >= 0.3 is 0 Å². The van der Waals surface area contributed by atoms with E-state index in [0.717, 1.165) is 21.2 Å². The number of hydrogen-bond donors (Lipinski definition) is 3. The average Bonchev–Trinajstić information content (AvgIpc) is 3.29. The molecule has 0 spiro atoms. The van der Waals surface area contributed by atoms with E-state index in [1.165, 1.54) is 18.6 Å². The molecule has 1 amide bonds. The lowest BCUT2D eigenvalue weighted by Gasteiger charge is -2.44. The zero-order chi connectivity index (χ0) is 23.7. The summed E-state index contributed by atoms with van der Waals surface area (Å²) in [5, 5.41) is 12.7. The molecule has 3 N–H and O–H groups in total. The molecule has 0 bridgehead atoms. The minimum absolute atomic E-state index is 0.00357. The summed E-state index contributed by atoms with van der Waals surface area (Å²) in [5.74, 6) is -1.36. The van der Waals surface area contributed by atoms with Crippen LogP contribution < -0.4 is 10.8 Å². The first-order chi connectivity index (χ1) is 15.0. The highest BCUT2D eigenvalue weighted by Gasteiger charge is 2.62. The molecule has 0 saturated carbocycles. The molecule has 0 aliphatic carbocycles. The molecule has 0 unspecified atom stereocenters. The molecule has 1 aliphatic rings. The number of halogens is 1. The van der Waals surface area contributed by atoms with E-state index in [-0.39, 0.29) is 23.8 Å². The predicted molar refractivity (Wildman–Crippen MR) is 121 cm³/mol. The third-order valence-electron chi connectivity index (χ3n) is 5.25. The van der Waals surface area contributed by atoms with Crippen LogP contribution in [0.25, 0.3) is 10.4 Å². The molecule has 32 heavy (non-hydrogen) atoms. The number of benzene rings is 1. The maximum atomic E-state index is 13.6. The van der Waals surface area contributed by atoms with Crippen molar-refractivity contribution >= 4 is 48.9 Å². The molecule has 3 rings (SSSR count). The second-order valence-corrected chi connectivity index (χ2v) is 12.9. The van der Waals surface area contributed by atoms with Gasteiger partial charge in [-0.2, -0.15) is 4.31 Å². The van der Waals surface area contributed by atoms with Crippen molar-refractivity contribution in [3.63, 3.8) is 0 Å². The lowest BCUT2D eigenvalue weighted by Crippen LogP contribution is -2.74. The lowest BCUT2D eigenvalue weighted by atomic mass is 10.2. The van der Waals surface area contributed by atoms with Crippen LogP contribution in [0.4, 0.5) is 0 Å². The van der Waals surface area contributed by atoms with Crippen molar-refractivity contribution in [3.8, 4) is 10.4 Å². The Balaban J connectivity index is 2.14. The molecule has 176 valence electrons. The van der Waals surface area contributed by atoms with Crippen LogP contribution in [0, 0.1) is 0 Å². The van der Waals surface area contributed by atoms with Crippen molar-refractivity contribution in [1.29, 1.82) is 0 Å². The maximum Gasteiger partial charge on any atom is 0.283 e. The van der Waals surface area contributed by atoms with Crippen LogP contribution in [0.1, 0.15) is 6.92 Å². The number of nitrogens with zero attached hydrogens (tertiary/aromatic N) is 2. The summed E-state index contributed by atoms with van der Waals surface area (Å²) in [6, 6.07) is 9.78. The Bertz CT molecular complexity index is 1200. The molecule has 1 aromatic carbocycles. The van der Waals surface area contributed by atoms with Gasteiger partial charge in [-0.1, -0.05) is 30.7 Å². The number of carbonyl (C=O) groups excluding carboxylic acids is 1. The molecule has 1 aromatic heterocycles. The molecule has 14 heteroatoms. The van der Waals surface area contributed by atoms with E-state index in [4.69, 9.17) is 11.6 Å².